The van der Waals surface area contributed by atoms with Crippen LogP contribution in [0.25, 0.3) is 11.3 Å². The Hall–Kier alpha value is -2.49. The molecule has 0 amide bonds. The molecule has 0 saturated carbocycles. The molecule has 44 heavy (non-hydrogen) atoms. The fraction of sp³-hybridized carbons (Fsp3) is 0.259. The van der Waals surface area contributed by atoms with E-state index in [-0.39, 0.29) is 22.9 Å². The number of thioether (sulfide) groups is 1. The monoisotopic (exact) mass is 689 g/mol. The molecule has 0 aliphatic carbocycles. The standard InChI is InChI=1S/C27H21Cl2F3N3O7PS/c28-16-7-6-15(10-17(16)29)44-27-25(42-43(36,37)38)23(24-21(40-27)12-39-26(41-24)13-4-2-1-3-5-13)35-11-20(33-34-35)14-8-18(30)22(32)19(31)9-14/h1-11,21,23-27H,12H2,(H2,36,37,38). The maximum atomic E-state index is 14.0. The summed E-state index contributed by atoms with van der Waals surface area (Å²) in [6, 6.07) is 14.1. The van der Waals surface area contributed by atoms with Crippen molar-refractivity contribution < 1.29 is 46.3 Å². The second-order valence-electron chi connectivity index (χ2n) is 9.80. The Labute approximate surface area is 262 Å². The third-order valence-corrected chi connectivity index (χ3v) is 9.27. The van der Waals surface area contributed by atoms with Gasteiger partial charge in [0.15, 0.2) is 23.7 Å². The molecular formula is C27H21Cl2F3N3O7PS. The molecular weight excluding hydrogens is 669 g/mol. The van der Waals surface area contributed by atoms with Gasteiger partial charge in [-0.3, -0.25) is 4.52 Å². The van der Waals surface area contributed by atoms with Gasteiger partial charge in [-0.1, -0.05) is 70.5 Å². The molecule has 2 N–H and O–H groups in total. The fourth-order valence-corrected chi connectivity index (χ4v) is 7.10. The molecule has 2 aliphatic rings. The summed E-state index contributed by atoms with van der Waals surface area (Å²) in [5.41, 5.74) is -0.609. The van der Waals surface area contributed by atoms with E-state index in [0.717, 1.165) is 23.9 Å². The van der Waals surface area contributed by atoms with Crippen LogP contribution in [0.5, 0.6) is 0 Å². The van der Waals surface area contributed by atoms with Gasteiger partial charge in [0.1, 0.15) is 35.5 Å². The lowest BCUT2D eigenvalue weighted by atomic mass is 9.96. The van der Waals surface area contributed by atoms with Crippen molar-refractivity contribution in [3.63, 3.8) is 0 Å². The zero-order valence-corrected chi connectivity index (χ0v) is 25.3. The van der Waals surface area contributed by atoms with Crippen LogP contribution in [0.15, 0.2) is 71.8 Å². The number of phosphoric ester groups is 1. The van der Waals surface area contributed by atoms with Crippen molar-refractivity contribution in [3.8, 4) is 11.3 Å². The second-order valence-corrected chi connectivity index (χ2v) is 13.0. The van der Waals surface area contributed by atoms with Crippen molar-refractivity contribution >= 4 is 42.8 Å². The topological polar surface area (TPSA) is 125 Å². The summed E-state index contributed by atoms with van der Waals surface area (Å²) in [6.45, 7) is 0.0116. The number of fused-ring (bicyclic) bond motifs is 1. The van der Waals surface area contributed by atoms with Crippen molar-refractivity contribution in [2.75, 3.05) is 6.61 Å². The minimum atomic E-state index is -5.17. The van der Waals surface area contributed by atoms with Gasteiger partial charge in [-0.05, 0) is 30.3 Å². The van der Waals surface area contributed by atoms with Gasteiger partial charge in [0.05, 0.1) is 22.8 Å². The van der Waals surface area contributed by atoms with Crippen LogP contribution in [0.3, 0.4) is 0 Å². The minimum Gasteiger partial charge on any atom is -0.356 e. The summed E-state index contributed by atoms with van der Waals surface area (Å²) in [7, 11) is -5.17. The average Bonchev–Trinajstić information content (AvgIpc) is 3.47. The molecule has 232 valence electrons. The molecule has 3 aromatic carbocycles. The van der Waals surface area contributed by atoms with E-state index in [1.54, 1.807) is 42.5 Å². The zero-order chi connectivity index (χ0) is 31.2. The Morgan fingerprint density at radius 1 is 1.00 bits per heavy atom. The van der Waals surface area contributed by atoms with E-state index in [9.17, 15) is 27.5 Å². The van der Waals surface area contributed by atoms with E-state index in [0.29, 0.717) is 15.5 Å². The first-order valence-electron chi connectivity index (χ1n) is 12.9. The molecule has 2 fully saturated rings. The highest BCUT2D eigenvalue weighted by Crippen LogP contribution is 2.50. The van der Waals surface area contributed by atoms with E-state index in [2.05, 4.69) is 10.3 Å². The van der Waals surface area contributed by atoms with E-state index in [4.69, 9.17) is 41.9 Å². The summed E-state index contributed by atoms with van der Waals surface area (Å²) in [5, 5.41) is 8.63. The number of phosphoric acid groups is 1. The van der Waals surface area contributed by atoms with Crippen LogP contribution in [0.1, 0.15) is 17.9 Å². The van der Waals surface area contributed by atoms with Crippen LogP contribution in [0.2, 0.25) is 10.0 Å². The number of benzene rings is 3. The number of nitrogens with zero attached hydrogens (tertiary/aromatic N) is 3. The molecule has 2 saturated heterocycles. The fourth-order valence-electron chi connectivity index (χ4n) is 4.96. The first-order chi connectivity index (χ1) is 21.0. The number of rotatable bonds is 7. The highest BCUT2D eigenvalue weighted by Gasteiger charge is 2.54. The van der Waals surface area contributed by atoms with Crippen molar-refractivity contribution in [2.45, 2.75) is 41.0 Å². The van der Waals surface area contributed by atoms with Gasteiger partial charge < -0.3 is 24.0 Å². The second kappa shape index (κ2) is 12.7. The molecule has 0 radical (unpaired) electrons. The van der Waals surface area contributed by atoms with Crippen molar-refractivity contribution in [2.24, 2.45) is 0 Å². The molecule has 6 atom stereocenters. The lowest BCUT2D eigenvalue weighted by Gasteiger charge is -2.48. The van der Waals surface area contributed by atoms with Crippen LogP contribution >= 0.6 is 42.8 Å². The third-order valence-electron chi connectivity index (χ3n) is 6.88. The van der Waals surface area contributed by atoms with Crippen molar-refractivity contribution in [3.05, 3.63) is 99.9 Å². The highest BCUT2D eigenvalue weighted by molar-refractivity contribution is 7.99. The minimum absolute atomic E-state index is 0.0116. The first-order valence-corrected chi connectivity index (χ1v) is 16.0. The highest BCUT2D eigenvalue weighted by atomic mass is 35.5. The van der Waals surface area contributed by atoms with Crippen molar-refractivity contribution in [1.82, 2.24) is 15.0 Å². The lowest BCUT2D eigenvalue weighted by Crippen LogP contribution is -2.59. The van der Waals surface area contributed by atoms with Gasteiger partial charge in [0, 0.05) is 16.0 Å². The molecule has 17 heteroatoms. The number of aromatic nitrogens is 3. The molecule has 0 spiro atoms. The normalized spacial score (nSPS) is 25.5. The van der Waals surface area contributed by atoms with E-state index >= 15 is 0 Å². The van der Waals surface area contributed by atoms with E-state index in [1.807, 2.05) is 6.07 Å². The predicted molar refractivity (Wildman–Crippen MR) is 152 cm³/mol. The van der Waals surface area contributed by atoms with Crippen LogP contribution in [-0.4, -0.2) is 55.1 Å². The van der Waals surface area contributed by atoms with E-state index < -0.39 is 61.4 Å². The third kappa shape index (κ3) is 6.70. The first kappa shape index (κ1) is 31.5. The average molecular weight is 690 g/mol. The molecule has 6 unspecified atom stereocenters. The van der Waals surface area contributed by atoms with Gasteiger partial charge in [0.2, 0.25) is 0 Å². The summed E-state index contributed by atoms with van der Waals surface area (Å²) in [4.78, 5) is 20.4. The molecule has 4 aromatic rings. The Bertz CT molecular complexity index is 1700. The van der Waals surface area contributed by atoms with E-state index in [1.165, 1.54) is 10.9 Å². The van der Waals surface area contributed by atoms with Gasteiger partial charge in [-0.25, -0.2) is 22.4 Å². The van der Waals surface area contributed by atoms with Gasteiger partial charge in [-0.15, -0.1) is 5.10 Å². The Kier molecular flexibility index (Phi) is 9.10. The molecule has 10 nitrogen and oxygen atoms in total. The summed E-state index contributed by atoms with van der Waals surface area (Å²) in [5.74, 6) is -4.51. The van der Waals surface area contributed by atoms with Crippen LogP contribution in [0, 0.1) is 17.5 Å². The summed E-state index contributed by atoms with van der Waals surface area (Å²) in [6.07, 6.45) is -2.83. The number of ether oxygens (including phenoxy) is 3. The smallest absolute Gasteiger partial charge is 0.356 e. The summed E-state index contributed by atoms with van der Waals surface area (Å²) < 4.78 is 79.0. The number of hydrogen-bond acceptors (Lipinski definition) is 8. The van der Waals surface area contributed by atoms with Gasteiger partial charge in [0.25, 0.3) is 0 Å². The van der Waals surface area contributed by atoms with Gasteiger partial charge in [-0.2, -0.15) is 0 Å². The molecule has 3 heterocycles. The van der Waals surface area contributed by atoms with Crippen molar-refractivity contribution in [1.29, 1.82) is 0 Å². The quantitative estimate of drug-likeness (QED) is 0.168. The summed E-state index contributed by atoms with van der Waals surface area (Å²) >= 11 is 13.3. The Morgan fingerprint density at radius 3 is 2.41 bits per heavy atom. The van der Waals surface area contributed by atoms with Crippen LogP contribution in [-0.2, 0) is 23.3 Å². The van der Waals surface area contributed by atoms with Crippen LogP contribution < -0.4 is 0 Å². The van der Waals surface area contributed by atoms with Gasteiger partial charge >= 0.3 is 7.82 Å². The maximum Gasteiger partial charge on any atom is 0.470 e. The molecule has 0 bridgehead atoms. The Morgan fingerprint density at radius 2 is 1.73 bits per heavy atom. The lowest BCUT2D eigenvalue weighted by molar-refractivity contribution is -0.305. The maximum absolute atomic E-state index is 14.0. The van der Waals surface area contributed by atoms with Crippen LogP contribution in [0.4, 0.5) is 13.2 Å². The molecule has 1 aromatic heterocycles. The number of hydrogen-bond donors (Lipinski definition) is 2. The Balaban J connectivity index is 1.42. The SMILES string of the molecule is O=P(O)(O)OC1C(Sc2ccc(Cl)c(Cl)c2)OC2COC(c3ccccc3)OC2C1n1cc(-c2cc(F)c(F)c(F)c2)nn1. The largest absolute Gasteiger partial charge is 0.470 e. The molecule has 6 rings (SSSR count). The predicted octanol–water partition coefficient (Wildman–Crippen LogP) is 6.32. The molecule has 2 aliphatic heterocycles. The zero-order valence-electron chi connectivity index (χ0n) is 22.0. The number of halogens is 5.